The van der Waals surface area contributed by atoms with Gasteiger partial charge in [-0.2, -0.15) is 5.10 Å². The molecule has 42 heavy (non-hydrogen) atoms. The summed E-state index contributed by atoms with van der Waals surface area (Å²) < 4.78 is 2.21. The lowest BCUT2D eigenvalue weighted by atomic mass is 9.77. The fourth-order valence-electron chi connectivity index (χ4n) is 6.24. The lowest BCUT2D eigenvalue weighted by molar-refractivity contribution is 0.477. The molecule has 1 aromatic heterocycles. The second-order valence-corrected chi connectivity index (χ2v) is 10.5. The minimum absolute atomic E-state index is 0.694. The van der Waals surface area contributed by atoms with Crippen molar-refractivity contribution >= 4 is 16.7 Å². The molecule has 202 valence electrons. The number of aromatic nitrogens is 2. The van der Waals surface area contributed by atoms with E-state index in [0.717, 1.165) is 39.0 Å². The molecule has 7 rings (SSSR count). The Morgan fingerprint density at radius 2 is 0.952 bits per heavy atom. The van der Waals surface area contributed by atoms with Crippen molar-refractivity contribution in [3.63, 3.8) is 0 Å². The molecule has 3 nitrogen and oxygen atoms in total. The molecule has 6 aromatic carbocycles. The Labute approximate surface area is 246 Å². The maximum atomic E-state index is 5.33. The van der Waals surface area contributed by atoms with Gasteiger partial charge in [-0.05, 0) is 51.1 Å². The van der Waals surface area contributed by atoms with Gasteiger partial charge < -0.3 is 5.32 Å². The molecule has 0 aliphatic heterocycles. The van der Waals surface area contributed by atoms with Gasteiger partial charge in [0, 0.05) is 12.4 Å². The highest BCUT2D eigenvalue weighted by Crippen LogP contribution is 2.44. The van der Waals surface area contributed by atoms with Gasteiger partial charge in [0.1, 0.15) is 5.54 Å². The Morgan fingerprint density at radius 3 is 1.45 bits per heavy atom. The quantitative estimate of drug-likeness (QED) is 0.204. The molecule has 0 aliphatic rings. The van der Waals surface area contributed by atoms with Gasteiger partial charge in [-0.15, -0.1) is 0 Å². The summed E-state index contributed by atoms with van der Waals surface area (Å²) in [4.78, 5) is 0. The first-order valence-electron chi connectivity index (χ1n) is 14.3. The molecule has 1 N–H and O–H groups in total. The topological polar surface area (TPSA) is 29.9 Å². The van der Waals surface area contributed by atoms with Crippen molar-refractivity contribution < 1.29 is 0 Å². The fourth-order valence-corrected chi connectivity index (χ4v) is 6.24. The van der Waals surface area contributed by atoms with Crippen molar-refractivity contribution in [2.75, 3.05) is 12.4 Å². The van der Waals surface area contributed by atoms with E-state index in [1.807, 2.05) is 7.05 Å². The first kappa shape index (κ1) is 25.6. The summed E-state index contributed by atoms with van der Waals surface area (Å²) in [5, 5.41) is 9.81. The van der Waals surface area contributed by atoms with Gasteiger partial charge in [-0.3, -0.25) is 0 Å². The average Bonchev–Trinajstić information content (AvgIpc) is 3.45. The molecule has 0 bridgehead atoms. The minimum Gasteiger partial charge on any atom is -0.371 e. The van der Waals surface area contributed by atoms with Crippen LogP contribution >= 0.6 is 0 Å². The molecule has 0 radical (unpaired) electrons. The highest BCUT2D eigenvalue weighted by atomic mass is 15.4. The summed E-state index contributed by atoms with van der Waals surface area (Å²) in [5.74, 6) is 0.844. The van der Waals surface area contributed by atoms with E-state index < -0.39 is 5.54 Å². The predicted molar refractivity (Wildman–Crippen MR) is 175 cm³/mol. The van der Waals surface area contributed by atoms with E-state index in [2.05, 4.69) is 174 Å². The maximum Gasteiger partial charge on any atom is 0.155 e. The lowest BCUT2D eigenvalue weighted by Crippen LogP contribution is -2.38. The third-order valence-corrected chi connectivity index (χ3v) is 8.13. The van der Waals surface area contributed by atoms with E-state index in [0.29, 0.717) is 0 Å². The van der Waals surface area contributed by atoms with Crippen LogP contribution < -0.4 is 5.32 Å². The van der Waals surface area contributed by atoms with Crippen LogP contribution in [0.1, 0.15) is 16.7 Å². The van der Waals surface area contributed by atoms with Crippen LogP contribution in [-0.4, -0.2) is 16.8 Å². The average molecular weight is 542 g/mol. The number of nitrogens with one attached hydrogen (secondary N) is 1. The molecule has 0 amide bonds. The van der Waals surface area contributed by atoms with Crippen molar-refractivity contribution in [3.8, 4) is 22.3 Å². The molecule has 7 aromatic rings. The molecule has 0 aliphatic carbocycles. The molecule has 3 heteroatoms. The molecular formula is C39H31N3. The van der Waals surface area contributed by atoms with Crippen LogP contribution in [0.3, 0.4) is 0 Å². The summed E-state index contributed by atoms with van der Waals surface area (Å²) >= 11 is 0. The second-order valence-electron chi connectivity index (χ2n) is 10.5. The van der Waals surface area contributed by atoms with E-state index >= 15 is 0 Å². The van der Waals surface area contributed by atoms with Gasteiger partial charge in [-0.1, -0.05) is 152 Å². The molecule has 1 heterocycles. The van der Waals surface area contributed by atoms with Crippen molar-refractivity contribution in [1.82, 2.24) is 9.78 Å². The summed E-state index contributed by atoms with van der Waals surface area (Å²) in [7, 11) is 1.95. The predicted octanol–water partition coefficient (Wildman–Crippen LogP) is 9.25. The van der Waals surface area contributed by atoms with Gasteiger partial charge in [-0.25, -0.2) is 4.68 Å². The zero-order valence-corrected chi connectivity index (χ0v) is 23.5. The van der Waals surface area contributed by atoms with Crippen molar-refractivity contribution in [2.45, 2.75) is 5.54 Å². The van der Waals surface area contributed by atoms with E-state index in [-0.39, 0.29) is 0 Å². The van der Waals surface area contributed by atoms with Crippen LogP contribution in [0.5, 0.6) is 0 Å². The minimum atomic E-state index is -0.694. The van der Waals surface area contributed by atoms with Crippen LogP contribution in [-0.2, 0) is 5.54 Å². The monoisotopic (exact) mass is 541 g/mol. The Bertz CT molecular complexity index is 1850. The number of anilines is 1. The Hall–Kier alpha value is -5.41. The standard InChI is InChI=1S/C39H31N3/c1-40-38-36-28-30(35-25-15-14-24-34(35)29-16-6-2-7-17-29)26-27-37(36)42(41-38)39(31-18-8-3-9-19-31,32-20-10-4-11-21-32)33-22-12-5-13-23-33/h2-28H,1H3,(H,40,41). The molecular weight excluding hydrogens is 510 g/mol. The van der Waals surface area contributed by atoms with Crippen LogP contribution in [0.4, 0.5) is 5.82 Å². The number of hydrogen-bond donors (Lipinski definition) is 1. The normalized spacial score (nSPS) is 11.5. The molecule has 0 saturated heterocycles. The summed E-state index contributed by atoms with van der Waals surface area (Å²) in [6.45, 7) is 0. The van der Waals surface area contributed by atoms with Gasteiger partial charge in [0.15, 0.2) is 5.82 Å². The van der Waals surface area contributed by atoms with Crippen molar-refractivity contribution in [1.29, 1.82) is 0 Å². The van der Waals surface area contributed by atoms with Gasteiger partial charge in [0.25, 0.3) is 0 Å². The number of benzene rings is 6. The largest absolute Gasteiger partial charge is 0.371 e. The van der Waals surface area contributed by atoms with E-state index in [4.69, 9.17) is 5.10 Å². The summed E-state index contributed by atoms with van der Waals surface area (Å²) in [6.07, 6.45) is 0. The summed E-state index contributed by atoms with van der Waals surface area (Å²) in [6, 6.07) is 58.0. The maximum absolute atomic E-state index is 5.33. The first-order chi connectivity index (χ1) is 20.8. The van der Waals surface area contributed by atoms with Crippen LogP contribution in [0.2, 0.25) is 0 Å². The van der Waals surface area contributed by atoms with E-state index in [9.17, 15) is 0 Å². The number of fused-ring (bicyclic) bond motifs is 1. The van der Waals surface area contributed by atoms with Gasteiger partial charge in [0.05, 0.1) is 5.52 Å². The molecule has 0 unspecified atom stereocenters. The van der Waals surface area contributed by atoms with Crippen LogP contribution in [0.25, 0.3) is 33.2 Å². The van der Waals surface area contributed by atoms with Crippen molar-refractivity contribution in [3.05, 3.63) is 180 Å². The highest BCUT2D eigenvalue weighted by Gasteiger charge is 2.40. The Balaban J connectivity index is 1.52. The number of nitrogens with zero attached hydrogens (tertiary/aromatic N) is 2. The van der Waals surface area contributed by atoms with Gasteiger partial charge in [0.2, 0.25) is 0 Å². The van der Waals surface area contributed by atoms with Crippen molar-refractivity contribution in [2.24, 2.45) is 0 Å². The SMILES string of the molecule is CNc1nn(C(c2ccccc2)(c2ccccc2)c2ccccc2)c2ccc(-c3ccccc3-c3ccccc3)cc12. The van der Waals surface area contributed by atoms with E-state index in [1.54, 1.807) is 0 Å². The third-order valence-electron chi connectivity index (χ3n) is 8.13. The number of rotatable bonds is 7. The second kappa shape index (κ2) is 10.9. The van der Waals surface area contributed by atoms with E-state index in [1.165, 1.54) is 16.7 Å². The molecule has 0 atom stereocenters. The fraction of sp³-hybridized carbons (Fsp3) is 0.0513. The zero-order valence-electron chi connectivity index (χ0n) is 23.5. The first-order valence-corrected chi connectivity index (χ1v) is 14.3. The highest BCUT2D eigenvalue weighted by molar-refractivity contribution is 5.96. The molecule has 0 spiro atoms. The smallest absolute Gasteiger partial charge is 0.155 e. The molecule has 0 saturated carbocycles. The Morgan fingerprint density at radius 1 is 0.500 bits per heavy atom. The third kappa shape index (κ3) is 4.18. The Kier molecular flexibility index (Phi) is 6.61. The lowest BCUT2D eigenvalue weighted by Gasteiger charge is -2.37. The zero-order chi connectivity index (χ0) is 28.4. The van der Waals surface area contributed by atoms with Crippen LogP contribution in [0, 0.1) is 0 Å². The van der Waals surface area contributed by atoms with Gasteiger partial charge >= 0.3 is 0 Å². The molecule has 0 fully saturated rings. The summed E-state index contributed by atoms with van der Waals surface area (Å²) in [5.41, 5.74) is 8.56. The number of hydrogen-bond acceptors (Lipinski definition) is 2. The van der Waals surface area contributed by atoms with Crippen LogP contribution in [0.15, 0.2) is 164 Å².